The van der Waals surface area contributed by atoms with Crippen LogP contribution in [0.5, 0.6) is 0 Å². The second-order valence-corrected chi connectivity index (χ2v) is 6.62. The molecule has 1 N–H and O–H groups in total. The molecule has 2 aromatic rings. The van der Waals surface area contributed by atoms with E-state index in [9.17, 15) is 0 Å². The van der Waals surface area contributed by atoms with Gasteiger partial charge in [0.1, 0.15) is 0 Å². The van der Waals surface area contributed by atoms with Crippen molar-refractivity contribution in [3.8, 4) is 0 Å². The molecule has 17 heavy (non-hydrogen) atoms. The van der Waals surface area contributed by atoms with Crippen molar-refractivity contribution >= 4 is 50.5 Å². The molecule has 1 aromatic heterocycles. The first-order chi connectivity index (χ1) is 8.15. The van der Waals surface area contributed by atoms with Crippen molar-refractivity contribution in [1.29, 1.82) is 0 Å². The van der Waals surface area contributed by atoms with Crippen LogP contribution in [-0.4, -0.2) is 0 Å². The molecule has 0 saturated carbocycles. The maximum Gasteiger partial charge on any atom is 0.0931 e. The van der Waals surface area contributed by atoms with Gasteiger partial charge in [-0.05, 0) is 45.8 Å². The molecule has 0 saturated heterocycles. The third kappa shape index (κ3) is 3.97. The van der Waals surface area contributed by atoms with Crippen LogP contribution in [0.1, 0.15) is 10.4 Å². The Morgan fingerprint density at radius 1 is 1.12 bits per heavy atom. The van der Waals surface area contributed by atoms with Gasteiger partial charge < -0.3 is 5.32 Å². The molecule has 90 valence electrons. The molecule has 1 aromatic carbocycles. The number of rotatable bonds is 4. The summed E-state index contributed by atoms with van der Waals surface area (Å²) in [5.74, 6) is 0. The van der Waals surface area contributed by atoms with Gasteiger partial charge in [0, 0.05) is 22.4 Å². The summed E-state index contributed by atoms with van der Waals surface area (Å²) in [5, 5.41) is 4.10. The van der Waals surface area contributed by atoms with Gasteiger partial charge >= 0.3 is 0 Å². The van der Waals surface area contributed by atoms with E-state index in [1.807, 2.05) is 30.3 Å². The van der Waals surface area contributed by atoms with Gasteiger partial charge in [0.25, 0.3) is 0 Å². The predicted molar refractivity (Wildman–Crippen MR) is 79.0 cm³/mol. The largest absolute Gasteiger partial charge is 0.308 e. The average Bonchev–Trinajstić information content (AvgIpc) is 2.70. The van der Waals surface area contributed by atoms with E-state index in [-0.39, 0.29) is 0 Å². The molecule has 0 unspecified atom stereocenters. The Labute approximate surface area is 123 Å². The number of hydrogen-bond donors (Lipinski definition) is 1. The lowest BCUT2D eigenvalue weighted by Gasteiger charge is -2.04. The molecule has 0 radical (unpaired) electrons. The quantitative estimate of drug-likeness (QED) is 0.808. The summed E-state index contributed by atoms with van der Waals surface area (Å²) >= 11 is 16.8. The fourth-order valence-corrected chi connectivity index (χ4v) is 3.03. The van der Waals surface area contributed by atoms with Gasteiger partial charge in [0.15, 0.2) is 0 Å². The van der Waals surface area contributed by atoms with Crippen molar-refractivity contribution in [3.63, 3.8) is 0 Å². The highest BCUT2D eigenvalue weighted by molar-refractivity contribution is 9.10. The molecule has 0 spiro atoms. The molecule has 1 nitrogen and oxygen atoms in total. The van der Waals surface area contributed by atoms with Crippen molar-refractivity contribution in [3.05, 3.63) is 54.6 Å². The van der Waals surface area contributed by atoms with E-state index in [0.29, 0.717) is 0 Å². The van der Waals surface area contributed by atoms with Crippen molar-refractivity contribution in [2.75, 3.05) is 0 Å². The van der Waals surface area contributed by atoms with Crippen LogP contribution in [-0.2, 0) is 13.1 Å². The molecule has 0 fully saturated rings. The minimum Gasteiger partial charge on any atom is -0.308 e. The Morgan fingerprint density at radius 2 is 1.94 bits per heavy atom. The maximum absolute atomic E-state index is 5.93. The van der Waals surface area contributed by atoms with Crippen molar-refractivity contribution in [2.24, 2.45) is 0 Å². The Balaban J connectivity index is 1.87. The normalized spacial score (nSPS) is 10.8. The lowest BCUT2D eigenvalue weighted by atomic mass is 10.2. The standard InChI is InChI=1S/C12H10BrCl2NS/c13-10-5-8(1-3-11(10)14)6-16-7-9-2-4-12(15)17-9/h1-5,16H,6-7H2. The molecular weight excluding hydrogens is 341 g/mol. The molecule has 0 aliphatic rings. The second kappa shape index (κ2) is 6.21. The molecule has 0 aliphatic carbocycles. The Kier molecular flexibility index (Phi) is 4.88. The van der Waals surface area contributed by atoms with E-state index >= 15 is 0 Å². The van der Waals surface area contributed by atoms with Crippen molar-refractivity contribution in [2.45, 2.75) is 13.1 Å². The Hall–Kier alpha value is -0.0600. The molecule has 0 amide bonds. The number of hydrogen-bond acceptors (Lipinski definition) is 2. The summed E-state index contributed by atoms with van der Waals surface area (Å²) in [6.45, 7) is 1.64. The van der Waals surface area contributed by atoms with Crippen molar-refractivity contribution < 1.29 is 0 Å². The third-order valence-electron chi connectivity index (χ3n) is 2.24. The van der Waals surface area contributed by atoms with Gasteiger partial charge in [-0.1, -0.05) is 29.3 Å². The summed E-state index contributed by atoms with van der Waals surface area (Å²) in [7, 11) is 0. The van der Waals surface area contributed by atoms with E-state index in [1.165, 1.54) is 10.4 Å². The zero-order valence-electron chi connectivity index (χ0n) is 8.84. The van der Waals surface area contributed by atoms with Crippen LogP contribution in [0, 0.1) is 0 Å². The summed E-state index contributed by atoms with van der Waals surface area (Å²) in [6.07, 6.45) is 0. The fourth-order valence-electron chi connectivity index (χ4n) is 1.43. The monoisotopic (exact) mass is 349 g/mol. The van der Waals surface area contributed by atoms with Gasteiger partial charge in [0.2, 0.25) is 0 Å². The lowest BCUT2D eigenvalue weighted by molar-refractivity contribution is 0.701. The van der Waals surface area contributed by atoms with E-state index < -0.39 is 0 Å². The van der Waals surface area contributed by atoms with E-state index in [1.54, 1.807) is 11.3 Å². The van der Waals surface area contributed by atoms with Crippen LogP contribution < -0.4 is 5.32 Å². The topological polar surface area (TPSA) is 12.0 Å². The molecule has 0 atom stereocenters. The predicted octanol–water partition coefficient (Wildman–Crippen LogP) is 5.11. The van der Waals surface area contributed by atoms with Crippen LogP contribution in [0.15, 0.2) is 34.8 Å². The zero-order valence-corrected chi connectivity index (χ0v) is 12.8. The minimum atomic E-state index is 0.735. The number of halogens is 3. The van der Waals surface area contributed by atoms with Crippen LogP contribution >= 0.6 is 50.5 Å². The summed E-state index contributed by atoms with van der Waals surface area (Å²) in [6, 6.07) is 9.89. The Bertz CT molecular complexity index is 513. The zero-order chi connectivity index (χ0) is 12.3. The SMILES string of the molecule is Clc1ccc(CNCc2ccc(Cl)c(Br)c2)s1. The highest BCUT2D eigenvalue weighted by atomic mass is 79.9. The van der Waals surface area contributed by atoms with Gasteiger partial charge in [-0.25, -0.2) is 0 Å². The first kappa shape index (κ1) is 13.4. The maximum atomic E-state index is 5.93. The highest BCUT2D eigenvalue weighted by Gasteiger charge is 2.00. The van der Waals surface area contributed by atoms with Gasteiger partial charge in [-0.2, -0.15) is 0 Å². The molecule has 2 rings (SSSR count). The molecule has 1 heterocycles. The van der Waals surface area contributed by atoms with Crippen LogP contribution in [0.4, 0.5) is 0 Å². The molecule has 5 heteroatoms. The van der Waals surface area contributed by atoms with Crippen LogP contribution in [0.2, 0.25) is 9.36 Å². The van der Waals surface area contributed by atoms with Gasteiger partial charge in [-0.15, -0.1) is 11.3 Å². The summed E-state index contributed by atoms with van der Waals surface area (Å²) < 4.78 is 1.76. The smallest absolute Gasteiger partial charge is 0.0931 e. The molecular formula is C12H10BrCl2NS. The van der Waals surface area contributed by atoms with E-state index in [0.717, 1.165) is 26.9 Å². The molecule has 0 aliphatic heterocycles. The van der Waals surface area contributed by atoms with Crippen molar-refractivity contribution in [1.82, 2.24) is 5.32 Å². The van der Waals surface area contributed by atoms with E-state index in [2.05, 4.69) is 21.2 Å². The Morgan fingerprint density at radius 3 is 2.59 bits per heavy atom. The lowest BCUT2D eigenvalue weighted by Crippen LogP contribution is -2.11. The number of thiophene rings is 1. The van der Waals surface area contributed by atoms with Gasteiger partial charge in [0.05, 0.1) is 9.36 Å². The van der Waals surface area contributed by atoms with Crippen LogP contribution in [0.25, 0.3) is 0 Å². The van der Waals surface area contributed by atoms with Crippen LogP contribution in [0.3, 0.4) is 0 Å². The summed E-state index contributed by atoms with van der Waals surface area (Å²) in [4.78, 5) is 1.24. The minimum absolute atomic E-state index is 0.735. The first-order valence-corrected chi connectivity index (χ1v) is 7.40. The highest BCUT2D eigenvalue weighted by Crippen LogP contribution is 2.23. The average molecular weight is 351 g/mol. The molecule has 0 bridgehead atoms. The number of nitrogens with one attached hydrogen (secondary N) is 1. The van der Waals surface area contributed by atoms with E-state index in [4.69, 9.17) is 23.2 Å². The fraction of sp³-hybridized carbons (Fsp3) is 0.167. The first-order valence-electron chi connectivity index (χ1n) is 5.04. The third-order valence-corrected chi connectivity index (χ3v) is 4.69. The van der Waals surface area contributed by atoms with Gasteiger partial charge in [-0.3, -0.25) is 0 Å². The second-order valence-electron chi connectivity index (χ2n) is 3.56. The number of benzene rings is 1. The summed E-state index contributed by atoms with van der Waals surface area (Å²) in [5.41, 5.74) is 1.20.